The SMILES string of the molecule is CN=C(NCCC1CCCN(C(=O)OC(C)(C)C)C1)NCCn1cccc1. The van der Waals surface area contributed by atoms with Crippen LogP contribution in [0.3, 0.4) is 0 Å². The molecule has 27 heavy (non-hydrogen) atoms. The molecule has 0 spiro atoms. The first kappa shape index (κ1) is 21.1. The molecule has 1 aliphatic rings. The molecule has 7 nitrogen and oxygen atoms in total. The highest BCUT2D eigenvalue weighted by molar-refractivity contribution is 5.79. The molecule has 0 saturated carbocycles. The minimum Gasteiger partial charge on any atom is -0.444 e. The summed E-state index contributed by atoms with van der Waals surface area (Å²) >= 11 is 0. The van der Waals surface area contributed by atoms with Gasteiger partial charge in [0.25, 0.3) is 0 Å². The Morgan fingerprint density at radius 3 is 2.59 bits per heavy atom. The van der Waals surface area contributed by atoms with Gasteiger partial charge in [0.05, 0.1) is 0 Å². The lowest BCUT2D eigenvalue weighted by molar-refractivity contribution is 0.0162. The number of hydrogen-bond acceptors (Lipinski definition) is 3. The molecule has 1 aliphatic heterocycles. The van der Waals surface area contributed by atoms with Gasteiger partial charge >= 0.3 is 6.09 Å². The molecule has 2 rings (SSSR count). The van der Waals surface area contributed by atoms with Gasteiger partial charge in [-0.1, -0.05) is 0 Å². The van der Waals surface area contributed by atoms with Gasteiger partial charge in [0.1, 0.15) is 5.60 Å². The highest BCUT2D eigenvalue weighted by Crippen LogP contribution is 2.21. The Morgan fingerprint density at radius 2 is 1.93 bits per heavy atom. The van der Waals surface area contributed by atoms with Crippen LogP contribution in [0.25, 0.3) is 0 Å². The molecule has 0 radical (unpaired) electrons. The monoisotopic (exact) mass is 377 g/mol. The van der Waals surface area contributed by atoms with Crippen LogP contribution in [0.15, 0.2) is 29.5 Å². The number of nitrogens with zero attached hydrogens (tertiary/aromatic N) is 3. The van der Waals surface area contributed by atoms with E-state index in [0.29, 0.717) is 5.92 Å². The largest absolute Gasteiger partial charge is 0.444 e. The van der Waals surface area contributed by atoms with Gasteiger partial charge in [0.15, 0.2) is 5.96 Å². The number of hydrogen-bond donors (Lipinski definition) is 2. The van der Waals surface area contributed by atoms with E-state index in [4.69, 9.17) is 4.74 Å². The van der Waals surface area contributed by atoms with E-state index in [9.17, 15) is 4.79 Å². The molecule has 1 fully saturated rings. The zero-order valence-electron chi connectivity index (χ0n) is 17.2. The summed E-state index contributed by atoms with van der Waals surface area (Å²) in [6, 6.07) is 4.05. The van der Waals surface area contributed by atoms with E-state index in [-0.39, 0.29) is 6.09 Å². The summed E-state index contributed by atoms with van der Waals surface area (Å²) in [4.78, 5) is 18.4. The molecule has 7 heteroatoms. The van der Waals surface area contributed by atoms with E-state index in [0.717, 1.165) is 57.9 Å². The zero-order valence-corrected chi connectivity index (χ0v) is 17.2. The number of likely N-dealkylation sites (tertiary alicyclic amines) is 1. The van der Waals surface area contributed by atoms with Crippen molar-refractivity contribution in [2.45, 2.75) is 52.2 Å². The van der Waals surface area contributed by atoms with Gasteiger partial charge in [-0.3, -0.25) is 4.99 Å². The molecule has 2 heterocycles. The van der Waals surface area contributed by atoms with Gasteiger partial charge < -0.3 is 24.8 Å². The Kier molecular flexibility index (Phi) is 8.00. The van der Waals surface area contributed by atoms with Crippen LogP contribution in [0.1, 0.15) is 40.0 Å². The van der Waals surface area contributed by atoms with Crippen molar-refractivity contribution in [1.82, 2.24) is 20.1 Å². The number of aromatic nitrogens is 1. The Bertz CT molecular complexity index is 592. The highest BCUT2D eigenvalue weighted by atomic mass is 16.6. The number of rotatable bonds is 6. The van der Waals surface area contributed by atoms with E-state index in [1.54, 1.807) is 7.05 Å². The van der Waals surface area contributed by atoms with Gasteiger partial charge in [0, 0.05) is 52.2 Å². The predicted octanol–water partition coefficient (Wildman–Crippen LogP) is 2.69. The van der Waals surface area contributed by atoms with E-state index in [2.05, 4.69) is 32.6 Å². The summed E-state index contributed by atoms with van der Waals surface area (Å²) < 4.78 is 7.63. The molecule has 0 bridgehead atoms. The molecule has 0 aliphatic carbocycles. The second kappa shape index (κ2) is 10.2. The Hall–Kier alpha value is -2.18. The molecular formula is C20H35N5O2. The second-order valence-electron chi connectivity index (χ2n) is 8.07. The van der Waals surface area contributed by atoms with Crippen LogP contribution in [-0.2, 0) is 11.3 Å². The van der Waals surface area contributed by atoms with E-state index in [1.807, 2.05) is 37.8 Å². The third kappa shape index (κ3) is 7.93. The molecule has 0 aromatic carbocycles. The third-order valence-electron chi connectivity index (χ3n) is 4.57. The maximum atomic E-state index is 12.3. The molecule has 1 aromatic rings. The van der Waals surface area contributed by atoms with Gasteiger partial charge in [-0.2, -0.15) is 0 Å². The Morgan fingerprint density at radius 1 is 1.22 bits per heavy atom. The van der Waals surface area contributed by atoms with E-state index in [1.165, 1.54) is 0 Å². The standard InChI is InChI=1S/C20H35N5O2/c1-20(2,3)27-19(26)25-14-7-8-17(16-25)9-10-22-18(21-4)23-11-15-24-12-5-6-13-24/h5-6,12-13,17H,7-11,14-16H2,1-4H3,(H2,21,22,23). The predicted molar refractivity (Wildman–Crippen MR) is 109 cm³/mol. The molecule has 1 unspecified atom stereocenters. The van der Waals surface area contributed by atoms with Gasteiger partial charge in [-0.25, -0.2) is 4.79 Å². The maximum Gasteiger partial charge on any atom is 0.410 e. The molecule has 152 valence electrons. The molecule has 1 saturated heterocycles. The third-order valence-corrected chi connectivity index (χ3v) is 4.57. The van der Waals surface area contributed by atoms with Crippen LogP contribution in [0, 0.1) is 5.92 Å². The summed E-state index contributed by atoms with van der Waals surface area (Å²) in [5.74, 6) is 1.32. The lowest BCUT2D eigenvalue weighted by Crippen LogP contribution is -2.44. The number of piperidine rings is 1. The van der Waals surface area contributed by atoms with Crippen molar-refractivity contribution in [3.05, 3.63) is 24.5 Å². The lowest BCUT2D eigenvalue weighted by Gasteiger charge is -2.34. The number of carbonyl (C=O) groups excluding carboxylic acids is 1. The first-order valence-corrected chi connectivity index (χ1v) is 9.90. The van der Waals surface area contributed by atoms with Crippen molar-refractivity contribution in [1.29, 1.82) is 0 Å². The molecule has 1 amide bonds. The van der Waals surface area contributed by atoms with Crippen LogP contribution in [0.4, 0.5) is 4.79 Å². The average Bonchev–Trinajstić information content (AvgIpc) is 3.12. The fourth-order valence-corrected chi connectivity index (χ4v) is 3.23. The molecule has 1 aromatic heterocycles. The molecule has 2 N–H and O–H groups in total. The fourth-order valence-electron chi connectivity index (χ4n) is 3.23. The normalized spacial score (nSPS) is 18.3. The minimum absolute atomic E-state index is 0.192. The minimum atomic E-state index is -0.440. The van der Waals surface area contributed by atoms with Crippen molar-refractivity contribution >= 4 is 12.1 Å². The van der Waals surface area contributed by atoms with Crippen molar-refractivity contribution in [2.24, 2.45) is 10.9 Å². The first-order chi connectivity index (χ1) is 12.9. The van der Waals surface area contributed by atoms with Crippen LogP contribution < -0.4 is 10.6 Å². The number of ether oxygens (including phenoxy) is 1. The fraction of sp³-hybridized carbons (Fsp3) is 0.700. The van der Waals surface area contributed by atoms with Crippen molar-refractivity contribution < 1.29 is 9.53 Å². The zero-order chi connectivity index (χ0) is 19.7. The number of carbonyl (C=O) groups is 1. The van der Waals surface area contributed by atoms with Crippen LogP contribution in [-0.4, -0.2) is 60.3 Å². The summed E-state index contributed by atoms with van der Waals surface area (Å²) in [6.45, 7) is 9.86. The van der Waals surface area contributed by atoms with Gasteiger partial charge in [-0.05, 0) is 58.1 Å². The summed E-state index contributed by atoms with van der Waals surface area (Å²) in [7, 11) is 1.79. The van der Waals surface area contributed by atoms with Gasteiger partial charge in [-0.15, -0.1) is 0 Å². The average molecular weight is 378 g/mol. The van der Waals surface area contributed by atoms with Crippen LogP contribution >= 0.6 is 0 Å². The molecular weight excluding hydrogens is 342 g/mol. The smallest absolute Gasteiger partial charge is 0.410 e. The second-order valence-corrected chi connectivity index (χ2v) is 8.07. The van der Waals surface area contributed by atoms with Crippen molar-refractivity contribution in [3.63, 3.8) is 0 Å². The van der Waals surface area contributed by atoms with Crippen LogP contribution in [0.5, 0.6) is 0 Å². The van der Waals surface area contributed by atoms with E-state index >= 15 is 0 Å². The number of nitrogens with one attached hydrogen (secondary N) is 2. The molecule has 1 atom stereocenters. The maximum absolute atomic E-state index is 12.3. The number of guanidine groups is 1. The topological polar surface area (TPSA) is 70.9 Å². The van der Waals surface area contributed by atoms with E-state index < -0.39 is 5.60 Å². The Labute approximate surface area is 163 Å². The highest BCUT2D eigenvalue weighted by Gasteiger charge is 2.27. The Balaban J connectivity index is 1.66. The first-order valence-electron chi connectivity index (χ1n) is 9.90. The lowest BCUT2D eigenvalue weighted by atomic mass is 9.95. The number of amides is 1. The quantitative estimate of drug-likeness (QED) is 0.591. The van der Waals surface area contributed by atoms with Gasteiger partial charge in [0.2, 0.25) is 0 Å². The summed E-state index contributed by atoms with van der Waals surface area (Å²) in [6.07, 6.45) is 7.11. The number of aliphatic imine (C=N–C) groups is 1. The van der Waals surface area contributed by atoms with Crippen molar-refractivity contribution in [2.75, 3.05) is 33.2 Å². The summed E-state index contributed by atoms with van der Waals surface area (Å²) in [5, 5.41) is 6.71. The van der Waals surface area contributed by atoms with Crippen molar-refractivity contribution in [3.8, 4) is 0 Å². The summed E-state index contributed by atoms with van der Waals surface area (Å²) in [5.41, 5.74) is -0.440. The van der Waals surface area contributed by atoms with Crippen LogP contribution in [0.2, 0.25) is 0 Å².